The largest absolute Gasteiger partial charge is 0.504 e. The summed E-state index contributed by atoms with van der Waals surface area (Å²) in [6.07, 6.45) is 1.54. The monoisotopic (exact) mass is 237 g/mol. The van der Waals surface area contributed by atoms with Gasteiger partial charge in [0.25, 0.3) is 0 Å². The van der Waals surface area contributed by atoms with Crippen molar-refractivity contribution in [2.24, 2.45) is 0 Å². The van der Waals surface area contributed by atoms with Gasteiger partial charge in [-0.15, -0.1) is 0 Å². The van der Waals surface area contributed by atoms with Crippen LogP contribution in [0.2, 0.25) is 0 Å². The summed E-state index contributed by atoms with van der Waals surface area (Å²) >= 11 is 0. The van der Waals surface area contributed by atoms with Crippen LogP contribution in [0.4, 0.5) is 0 Å². The van der Waals surface area contributed by atoms with Crippen LogP contribution in [0.5, 0.6) is 17.2 Å². The van der Waals surface area contributed by atoms with Gasteiger partial charge in [-0.3, -0.25) is 0 Å². The van der Waals surface area contributed by atoms with Crippen LogP contribution in [0, 0.1) is 0 Å². The molecule has 0 radical (unpaired) electrons. The van der Waals surface area contributed by atoms with Gasteiger partial charge in [-0.25, -0.2) is 0 Å². The van der Waals surface area contributed by atoms with Gasteiger partial charge in [0.2, 0.25) is 0 Å². The van der Waals surface area contributed by atoms with Crippen molar-refractivity contribution in [1.82, 2.24) is 5.48 Å². The third-order valence-corrected chi connectivity index (χ3v) is 3.28. The second kappa shape index (κ2) is 4.09. The zero-order valence-corrected chi connectivity index (χ0v) is 9.71. The van der Waals surface area contributed by atoms with E-state index in [9.17, 15) is 5.11 Å². The van der Waals surface area contributed by atoms with Crippen molar-refractivity contribution in [1.29, 1.82) is 0 Å². The summed E-state index contributed by atoms with van der Waals surface area (Å²) in [6, 6.07) is 0. The minimum atomic E-state index is 0.256. The van der Waals surface area contributed by atoms with Crippen LogP contribution in [0.15, 0.2) is 0 Å². The molecule has 0 unspecified atom stereocenters. The maximum Gasteiger partial charge on any atom is 0.165 e. The Kier molecular flexibility index (Phi) is 2.57. The van der Waals surface area contributed by atoms with Crippen molar-refractivity contribution < 1.29 is 19.4 Å². The van der Waals surface area contributed by atoms with E-state index in [0.717, 1.165) is 35.3 Å². The number of hydrogen-bond acceptors (Lipinski definition) is 5. The molecule has 17 heavy (non-hydrogen) atoms. The van der Waals surface area contributed by atoms with Gasteiger partial charge < -0.3 is 19.4 Å². The lowest BCUT2D eigenvalue weighted by Crippen LogP contribution is -2.13. The Labute approximate surface area is 99.2 Å². The predicted molar refractivity (Wildman–Crippen MR) is 60.4 cm³/mol. The van der Waals surface area contributed by atoms with Crippen LogP contribution in [0.3, 0.4) is 0 Å². The summed E-state index contributed by atoms with van der Waals surface area (Å²) in [5.74, 6) is 1.68. The molecule has 3 rings (SSSR count). The highest BCUT2D eigenvalue weighted by Crippen LogP contribution is 2.48. The molecule has 0 aromatic heterocycles. The fraction of sp³-hybridized carbons (Fsp3) is 0.500. The second-order valence-corrected chi connectivity index (χ2v) is 4.16. The second-order valence-electron chi connectivity index (χ2n) is 4.16. The number of nitrogens with one attached hydrogen (secondary N) is 1. The Bertz CT molecular complexity index is 423. The molecular formula is C12H15NO4. The molecule has 92 valence electrons. The van der Waals surface area contributed by atoms with Gasteiger partial charge in [0.1, 0.15) is 5.75 Å². The van der Waals surface area contributed by atoms with E-state index in [1.165, 1.54) is 0 Å². The quantitative estimate of drug-likeness (QED) is 0.765. The lowest BCUT2D eigenvalue weighted by molar-refractivity contribution is 0.0859. The molecule has 2 N–H and O–H groups in total. The summed E-state index contributed by atoms with van der Waals surface area (Å²) in [7, 11) is 1.58. The lowest BCUT2D eigenvalue weighted by Gasteiger charge is -2.14. The number of rotatable bonds is 3. The molecule has 2 aliphatic rings. The highest BCUT2D eigenvalue weighted by Gasteiger charge is 2.31. The Morgan fingerprint density at radius 2 is 1.88 bits per heavy atom. The number of hydroxylamine groups is 1. The van der Waals surface area contributed by atoms with Gasteiger partial charge in [-0.2, -0.15) is 5.48 Å². The number of benzene rings is 1. The van der Waals surface area contributed by atoms with Gasteiger partial charge in [0.15, 0.2) is 11.5 Å². The molecule has 0 fully saturated rings. The first-order chi connectivity index (χ1) is 8.33. The van der Waals surface area contributed by atoms with Crippen LogP contribution in [0.25, 0.3) is 0 Å². The first kappa shape index (κ1) is 10.7. The minimum absolute atomic E-state index is 0.256. The third-order valence-electron chi connectivity index (χ3n) is 3.28. The van der Waals surface area contributed by atoms with Crippen molar-refractivity contribution in [3.05, 3.63) is 16.7 Å². The molecule has 0 amide bonds. The van der Waals surface area contributed by atoms with E-state index in [1.54, 1.807) is 7.11 Å². The molecule has 0 atom stereocenters. The van der Waals surface area contributed by atoms with E-state index in [0.29, 0.717) is 25.5 Å². The summed E-state index contributed by atoms with van der Waals surface area (Å²) in [5.41, 5.74) is 5.77. The number of phenolic OH excluding ortho intramolecular Hbond substituents is 1. The number of hydrogen-bond donors (Lipinski definition) is 2. The molecule has 1 aromatic carbocycles. The first-order valence-corrected chi connectivity index (χ1v) is 5.74. The van der Waals surface area contributed by atoms with Crippen molar-refractivity contribution in [2.45, 2.75) is 19.4 Å². The zero-order valence-electron chi connectivity index (χ0n) is 9.71. The van der Waals surface area contributed by atoms with Gasteiger partial charge in [0.05, 0.1) is 26.9 Å². The Morgan fingerprint density at radius 3 is 2.65 bits per heavy atom. The fourth-order valence-electron chi connectivity index (χ4n) is 2.51. The maximum absolute atomic E-state index is 10.1. The average Bonchev–Trinajstić information content (AvgIpc) is 2.97. The van der Waals surface area contributed by atoms with Gasteiger partial charge in [0, 0.05) is 29.5 Å². The zero-order chi connectivity index (χ0) is 11.8. The first-order valence-electron chi connectivity index (χ1n) is 5.74. The highest BCUT2D eigenvalue weighted by atomic mass is 16.6. The fourth-order valence-corrected chi connectivity index (χ4v) is 2.51. The van der Waals surface area contributed by atoms with E-state index in [1.807, 2.05) is 0 Å². The van der Waals surface area contributed by atoms with Gasteiger partial charge in [-0.1, -0.05) is 0 Å². The molecule has 1 aromatic rings. The molecule has 0 bridgehead atoms. The lowest BCUT2D eigenvalue weighted by atomic mass is 9.98. The molecule has 5 heteroatoms. The van der Waals surface area contributed by atoms with Crippen molar-refractivity contribution in [2.75, 3.05) is 20.3 Å². The van der Waals surface area contributed by atoms with E-state index in [2.05, 4.69) is 5.48 Å². The van der Waals surface area contributed by atoms with Crippen molar-refractivity contribution in [3.63, 3.8) is 0 Å². The standard InChI is InChI=1S/C12H15NO4/c1-15-13-6-9-7-2-4-17-12(7)10(14)8-3-5-16-11(8)9/h13-14H,2-6H2,1H3. The number of aromatic hydroxyl groups is 1. The molecule has 2 aliphatic heterocycles. The highest BCUT2D eigenvalue weighted by molar-refractivity contribution is 5.64. The van der Waals surface area contributed by atoms with Crippen LogP contribution in [0.1, 0.15) is 16.7 Å². The normalized spacial score (nSPS) is 16.3. The molecule has 0 spiro atoms. The molecular weight excluding hydrogens is 222 g/mol. The average molecular weight is 237 g/mol. The summed E-state index contributed by atoms with van der Waals surface area (Å²) in [5, 5.41) is 10.1. The predicted octanol–water partition coefficient (Wildman–Crippen LogP) is 0.913. The van der Waals surface area contributed by atoms with Crippen molar-refractivity contribution >= 4 is 0 Å². The third kappa shape index (κ3) is 1.54. The topological polar surface area (TPSA) is 60.0 Å². The number of phenols is 1. The van der Waals surface area contributed by atoms with Crippen LogP contribution >= 0.6 is 0 Å². The molecule has 0 saturated carbocycles. The van der Waals surface area contributed by atoms with Crippen LogP contribution < -0.4 is 15.0 Å². The summed E-state index contributed by atoms with van der Waals surface area (Å²) in [6.45, 7) is 1.79. The molecule has 2 heterocycles. The van der Waals surface area contributed by atoms with Crippen LogP contribution in [-0.2, 0) is 24.2 Å². The summed E-state index contributed by atoms with van der Waals surface area (Å²) < 4.78 is 11.1. The molecule has 0 saturated heterocycles. The van der Waals surface area contributed by atoms with Crippen molar-refractivity contribution in [3.8, 4) is 17.2 Å². The van der Waals surface area contributed by atoms with E-state index >= 15 is 0 Å². The van der Waals surface area contributed by atoms with Crippen LogP contribution in [-0.4, -0.2) is 25.4 Å². The number of ether oxygens (including phenoxy) is 2. The Balaban J connectivity index is 2.12. The Morgan fingerprint density at radius 1 is 1.18 bits per heavy atom. The minimum Gasteiger partial charge on any atom is -0.504 e. The van der Waals surface area contributed by atoms with E-state index in [-0.39, 0.29) is 5.75 Å². The van der Waals surface area contributed by atoms with E-state index in [4.69, 9.17) is 14.3 Å². The van der Waals surface area contributed by atoms with E-state index < -0.39 is 0 Å². The Hall–Kier alpha value is -1.46. The maximum atomic E-state index is 10.1. The smallest absolute Gasteiger partial charge is 0.165 e. The number of fused-ring (bicyclic) bond motifs is 2. The SMILES string of the molecule is CONCc1c2c(c(O)c3c1OCC3)OCC2. The summed E-state index contributed by atoms with van der Waals surface area (Å²) in [4.78, 5) is 4.89. The van der Waals surface area contributed by atoms with Gasteiger partial charge in [-0.05, 0) is 0 Å². The van der Waals surface area contributed by atoms with Gasteiger partial charge >= 0.3 is 0 Å². The molecule has 0 aliphatic carbocycles. The molecule has 5 nitrogen and oxygen atoms in total.